The maximum absolute atomic E-state index is 11.4. The molecule has 3 atom stereocenters. The lowest BCUT2D eigenvalue weighted by molar-refractivity contribution is -0.114. The minimum atomic E-state index is 0.292. The van der Waals surface area contributed by atoms with Gasteiger partial charge >= 0.3 is 0 Å². The van der Waals surface area contributed by atoms with E-state index in [1.54, 1.807) is 0 Å². The smallest absolute Gasteiger partial charge is 0.157 e. The fourth-order valence-electron chi connectivity index (χ4n) is 4.23. The van der Waals surface area contributed by atoms with Crippen molar-refractivity contribution in [2.24, 2.45) is 11.8 Å². The van der Waals surface area contributed by atoms with E-state index in [4.69, 9.17) is 0 Å². The normalized spacial score (nSPS) is 28.5. The van der Waals surface area contributed by atoms with Crippen molar-refractivity contribution in [3.63, 3.8) is 0 Å². The van der Waals surface area contributed by atoms with Gasteiger partial charge in [-0.15, -0.1) is 0 Å². The molecule has 0 aliphatic heterocycles. The van der Waals surface area contributed by atoms with E-state index < -0.39 is 0 Å². The van der Waals surface area contributed by atoms with Crippen molar-refractivity contribution < 1.29 is 4.79 Å². The molecule has 2 aliphatic carbocycles. The van der Waals surface area contributed by atoms with E-state index in [0.717, 1.165) is 18.9 Å². The summed E-state index contributed by atoms with van der Waals surface area (Å²) in [7, 11) is 2.16. The van der Waals surface area contributed by atoms with Crippen LogP contribution in [0.4, 0.5) is 0 Å². The highest BCUT2D eigenvalue weighted by molar-refractivity contribution is 5.92. The first-order valence-electron chi connectivity index (χ1n) is 8.64. The van der Waals surface area contributed by atoms with Crippen LogP contribution in [-0.4, -0.2) is 24.3 Å². The number of ketones is 1. The van der Waals surface area contributed by atoms with E-state index in [1.807, 2.05) is 6.08 Å². The summed E-state index contributed by atoms with van der Waals surface area (Å²) in [6, 6.07) is 11.0. The number of rotatable bonds is 4. The minimum absolute atomic E-state index is 0.292. The van der Waals surface area contributed by atoms with Crippen LogP contribution in [0.3, 0.4) is 0 Å². The molecule has 0 heterocycles. The maximum atomic E-state index is 11.4. The van der Waals surface area contributed by atoms with Crippen LogP contribution in [0.1, 0.15) is 50.5 Å². The third-order valence-corrected chi connectivity index (χ3v) is 5.65. The van der Waals surface area contributed by atoms with Crippen molar-refractivity contribution in [3.8, 4) is 0 Å². The van der Waals surface area contributed by atoms with Gasteiger partial charge in [0.15, 0.2) is 5.78 Å². The molecule has 0 saturated heterocycles. The quantitative estimate of drug-likeness (QED) is 0.821. The summed E-state index contributed by atoms with van der Waals surface area (Å²) in [5.41, 5.74) is 2.73. The van der Waals surface area contributed by atoms with Gasteiger partial charge in [-0.1, -0.05) is 43.7 Å². The van der Waals surface area contributed by atoms with Crippen LogP contribution < -0.4 is 0 Å². The maximum Gasteiger partial charge on any atom is 0.157 e. The Morgan fingerprint density at radius 3 is 2.59 bits per heavy atom. The van der Waals surface area contributed by atoms with Gasteiger partial charge in [-0.05, 0) is 42.6 Å². The molecule has 22 heavy (non-hydrogen) atoms. The Bertz CT molecular complexity index is 548. The molecule has 1 unspecified atom stereocenters. The molecule has 0 amide bonds. The molecule has 1 saturated carbocycles. The minimum Gasteiger partial charge on any atom is -0.377 e. The molecular weight excluding hydrogens is 270 g/mol. The number of allylic oxidation sites excluding steroid dienone is 2. The number of hydrogen-bond donors (Lipinski definition) is 0. The van der Waals surface area contributed by atoms with Gasteiger partial charge in [0.2, 0.25) is 0 Å². The average molecular weight is 297 g/mol. The molecule has 0 bridgehead atoms. The fourth-order valence-corrected chi connectivity index (χ4v) is 4.23. The highest BCUT2D eigenvalue weighted by Crippen LogP contribution is 2.41. The van der Waals surface area contributed by atoms with Gasteiger partial charge in [0, 0.05) is 31.8 Å². The number of carbonyl (C=O) groups excluding carboxylic acids is 1. The first-order valence-corrected chi connectivity index (χ1v) is 8.64. The van der Waals surface area contributed by atoms with Crippen LogP contribution in [0.2, 0.25) is 0 Å². The predicted molar refractivity (Wildman–Crippen MR) is 90.6 cm³/mol. The summed E-state index contributed by atoms with van der Waals surface area (Å²) >= 11 is 0. The number of nitrogens with zero attached hydrogens (tertiary/aromatic N) is 1. The molecule has 1 aromatic rings. The lowest BCUT2D eigenvalue weighted by atomic mass is 9.70. The van der Waals surface area contributed by atoms with Crippen molar-refractivity contribution in [2.45, 2.75) is 44.9 Å². The van der Waals surface area contributed by atoms with Crippen LogP contribution in [0, 0.1) is 11.8 Å². The van der Waals surface area contributed by atoms with Crippen molar-refractivity contribution in [1.29, 1.82) is 0 Å². The third-order valence-electron chi connectivity index (χ3n) is 5.65. The summed E-state index contributed by atoms with van der Waals surface area (Å²) in [6.45, 7) is 3.51. The van der Waals surface area contributed by atoms with E-state index in [-0.39, 0.29) is 0 Å². The zero-order chi connectivity index (χ0) is 15.5. The topological polar surface area (TPSA) is 20.3 Å². The molecular formula is C20H27NO. The molecule has 2 heteroatoms. The van der Waals surface area contributed by atoms with E-state index in [1.165, 1.54) is 30.5 Å². The highest BCUT2D eigenvalue weighted by Gasteiger charge is 2.32. The standard InChI is InChI=1S/C20H27NO/c1-15-17(14-21(2)18-11-12-19(22)13-18)9-6-10-20(15)16-7-4-3-5-8-16/h3-5,7-8,13,15,17,20H,6,9-12,14H2,1-2H3/t15?,17-,20-/m1/s1. The summed E-state index contributed by atoms with van der Waals surface area (Å²) in [6.07, 6.45) is 7.43. The van der Waals surface area contributed by atoms with E-state index >= 15 is 0 Å². The predicted octanol–water partition coefficient (Wildman–Crippen LogP) is 4.39. The molecule has 0 aromatic heterocycles. The number of carbonyl (C=O) groups is 1. The Kier molecular flexibility index (Phi) is 4.66. The summed E-state index contributed by atoms with van der Waals surface area (Å²) < 4.78 is 0. The Hall–Kier alpha value is -1.57. The largest absolute Gasteiger partial charge is 0.377 e. The Morgan fingerprint density at radius 1 is 1.14 bits per heavy atom. The van der Waals surface area contributed by atoms with Gasteiger partial charge in [-0.3, -0.25) is 4.79 Å². The lowest BCUT2D eigenvalue weighted by Crippen LogP contribution is -2.33. The van der Waals surface area contributed by atoms with E-state index in [2.05, 4.69) is 49.2 Å². The molecule has 0 radical (unpaired) electrons. The summed E-state index contributed by atoms with van der Waals surface area (Å²) in [5.74, 6) is 2.41. The van der Waals surface area contributed by atoms with Gasteiger partial charge in [-0.25, -0.2) is 0 Å². The monoisotopic (exact) mass is 297 g/mol. The fraction of sp³-hybridized carbons (Fsp3) is 0.550. The van der Waals surface area contributed by atoms with Gasteiger partial charge < -0.3 is 4.90 Å². The molecule has 1 aromatic carbocycles. The molecule has 0 N–H and O–H groups in total. The van der Waals surface area contributed by atoms with Crippen LogP contribution in [0.5, 0.6) is 0 Å². The van der Waals surface area contributed by atoms with E-state index in [0.29, 0.717) is 24.0 Å². The second-order valence-electron chi connectivity index (χ2n) is 7.05. The van der Waals surface area contributed by atoms with Gasteiger partial charge in [-0.2, -0.15) is 0 Å². The molecule has 118 valence electrons. The van der Waals surface area contributed by atoms with Gasteiger partial charge in [0.05, 0.1) is 0 Å². The van der Waals surface area contributed by atoms with Crippen LogP contribution in [-0.2, 0) is 4.79 Å². The second kappa shape index (κ2) is 6.68. The van der Waals surface area contributed by atoms with Crippen LogP contribution >= 0.6 is 0 Å². The molecule has 0 spiro atoms. The van der Waals surface area contributed by atoms with Crippen molar-refractivity contribution in [1.82, 2.24) is 4.90 Å². The zero-order valence-corrected chi connectivity index (χ0v) is 13.8. The Morgan fingerprint density at radius 2 is 1.91 bits per heavy atom. The first-order chi connectivity index (χ1) is 10.6. The number of benzene rings is 1. The first kappa shape index (κ1) is 15.3. The molecule has 2 aliphatic rings. The summed E-state index contributed by atoms with van der Waals surface area (Å²) in [4.78, 5) is 13.8. The van der Waals surface area contributed by atoms with Crippen molar-refractivity contribution in [3.05, 3.63) is 47.7 Å². The molecule has 1 fully saturated rings. The van der Waals surface area contributed by atoms with Gasteiger partial charge in [0.25, 0.3) is 0 Å². The Labute approximate surface area is 134 Å². The van der Waals surface area contributed by atoms with Crippen molar-refractivity contribution in [2.75, 3.05) is 13.6 Å². The van der Waals surface area contributed by atoms with Crippen LogP contribution in [0.25, 0.3) is 0 Å². The SMILES string of the molecule is CC1[C@@H](CN(C)C2=CC(=O)CC2)CCC[C@H]1c1ccccc1. The third kappa shape index (κ3) is 3.26. The average Bonchev–Trinajstić information content (AvgIpc) is 2.97. The lowest BCUT2D eigenvalue weighted by Gasteiger charge is -2.39. The number of hydrogen-bond acceptors (Lipinski definition) is 2. The molecule has 3 rings (SSSR count). The highest BCUT2D eigenvalue weighted by atomic mass is 16.1. The van der Waals surface area contributed by atoms with E-state index in [9.17, 15) is 4.79 Å². The summed E-state index contributed by atoms with van der Waals surface area (Å²) in [5, 5.41) is 0. The Balaban J connectivity index is 1.66. The second-order valence-corrected chi connectivity index (χ2v) is 7.05. The zero-order valence-electron chi connectivity index (χ0n) is 13.8. The van der Waals surface area contributed by atoms with Crippen LogP contribution in [0.15, 0.2) is 42.1 Å². The van der Waals surface area contributed by atoms with Gasteiger partial charge in [0.1, 0.15) is 0 Å². The van der Waals surface area contributed by atoms with Crippen molar-refractivity contribution >= 4 is 5.78 Å². The molecule has 2 nitrogen and oxygen atoms in total.